The van der Waals surface area contributed by atoms with Gasteiger partial charge >= 0.3 is 6.03 Å². The number of aromatic nitrogens is 4. The molecule has 1 saturated carbocycles. The molecule has 0 atom stereocenters. The summed E-state index contributed by atoms with van der Waals surface area (Å²) in [6.45, 7) is 2.24. The summed E-state index contributed by atoms with van der Waals surface area (Å²) in [5.74, 6) is 1.97. The molecule has 1 heterocycles. The summed E-state index contributed by atoms with van der Waals surface area (Å²) in [4.78, 5) is 14.2. The van der Waals surface area contributed by atoms with Crippen molar-refractivity contribution in [3.63, 3.8) is 0 Å². The van der Waals surface area contributed by atoms with Gasteiger partial charge in [-0.05, 0) is 54.2 Å². The van der Waals surface area contributed by atoms with E-state index < -0.39 is 5.54 Å². The van der Waals surface area contributed by atoms with Crippen molar-refractivity contribution in [2.24, 2.45) is 5.92 Å². The average Bonchev–Trinajstić information content (AvgIpc) is 3.17. The number of carbonyl (C=O) groups excluding carboxylic acids is 1. The topological polar surface area (TPSA) is 85.2 Å². The van der Waals surface area contributed by atoms with Crippen LogP contribution in [-0.2, 0) is 5.54 Å². The van der Waals surface area contributed by atoms with E-state index in [0.717, 1.165) is 31.4 Å². The second-order valence-electron chi connectivity index (χ2n) is 6.91. The zero-order valence-electron chi connectivity index (χ0n) is 15.8. The summed E-state index contributed by atoms with van der Waals surface area (Å²) in [7, 11) is 5.08. The lowest BCUT2D eigenvalue weighted by molar-refractivity contribution is 0.0732. The van der Waals surface area contributed by atoms with Crippen molar-refractivity contribution < 1.29 is 9.53 Å². The van der Waals surface area contributed by atoms with Gasteiger partial charge in [-0.2, -0.15) is 4.68 Å². The van der Waals surface area contributed by atoms with Crippen LogP contribution in [0.15, 0.2) is 24.3 Å². The molecule has 1 aliphatic carbocycles. The van der Waals surface area contributed by atoms with Crippen LogP contribution in [-0.4, -0.2) is 52.3 Å². The highest BCUT2D eigenvalue weighted by atomic mass is 16.5. The van der Waals surface area contributed by atoms with Crippen molar-refractivity contribution in [3.8, 4) is 11.4 Å². The molecule has 3 rings (SSSR count). The van der Waals surface area contributed by atoms with Crippen molar-refractivity contribution in [2.45, 2.75) is 38.1 Å². The Morgan fingerprint density at radius 1 is 1.35 bits per heavy atom. The highest BCUT2D eigenvalue weighted by molar-refractivity contribution is 5.74. The van der Waals surface area contributed by atoms with Gasteiger partial charge in [0.15, 0.2) is 5.82 Å². The third kappa shape index (κ3) is 3.00. The predicted molar refractivity (Wildman–Crippen MR) is 97.2 cm³/mol. The molecular formula is C18H26N6O2. The second kappa shape index (κ2) is 7.31. The van der Waals surface area contributed by atoms with Gasteiger partial charge in [-0.25, -0.2) is 4.79 Å². The van der Waals surface area contributed by atoms with Crippen LogP contribution < -0.4 is 10.1 Å². The van der Waals surface area contributed by atoms with Gasteiger partial charge in [0.1, 0.15) is 17.0 Å². The molecule has 140 valence electrons. The number of benzene rings is 1. The number of carbonyl (C=O) groups is 1. The number of urea groups is 1. The molecule has 1 fully saturated rings. The first-order valence-electron chi connectivity index (χ1n) is 8.91. The number of hydrogen-bond acceptors (Lipinski definition) is 5. The fourth-order valence-electron chi connectivity index (χ4n) is 3.76. The fraction of sp³-hybridized carbons (Fsp3) is 0.556. The van der Waals surface area contributed by atoms with Crippen LogP contribution in [0.2, 0.25) is 0 Å². The second-order valence-corrected chi connectivity index (χ2v) is 6.91. The maximum Gasteiger partial charge on any atom is 0.317 e. The number of methoxy groups -OCH3 is 1. The van der Waals surface area contributed by atoms with Crippen LogP contribution in [0.4, 0.5) is 4.79 Å². The lowest BCUT2D eigenvalue weighted by Crippen LogP contribution is -2.53. The molecule has 0 radical (unpaired) electrons. The van der Waals surface area contributed by atoms with E-state index in [1.165, 1.54) is 0 Å². The van der Waals surface area contributed by atoms with Crippen LogP contribution in [0.25, 0.3) is 5.69 Å². The van der Waals surface area contributed by atoms with Gasteiger partial charge in [0.2, 0.25) is 0 Å². The minimum absolute atomic E-state index is 0.144. The van der Waals surface area contributed by atoms with E-state index >= 15 is 0 Å². The maximum absolute atomic E-state index is 12.5. The first-order chi connectivity index (χ1) is 12.5. The van der Waals surface area contributed by atoms with E-state index in [4.69, 9.17) is 4.74 Å². The van der Waals surface area contributed by atoms with Crippen molar-refractivity contribution in [1.29, 1.82) is 0 Å². The van der Waals surface area contributed by atoms with Gasteiger partial charge in [0, 0.05) is 14.1 Å². The zero-order chi connectivity index (χ0) is 18.7. The minimum atomic E-state index is -0.559. The van der Waals surface area contributed by atoms with Gasteiger partial charge in [-0.1, -0.05) is 19.1 Å². The third-order valence-corrected chi connectivity index (χ3v) is 5.46. The molecule has 0 saturated heterocycles. The van der Waals surface area contributed by atoms with E-state index in [1.807, 2.05) is 31.3 Å². The molecule has 1 aromatic heterocycles. The quantitative estimate of drug-likeness (QED) is 0.907. The molecule has 2 amide bonds. The van der Waals surface area contributed by atoms with Gasteiger partial charge < -0.3 is 15.0 Å². The Hall–Kier alpha value is -2.64. The lowest BCUT2D eigenvalue weighted by atomic mass is 9.75. The molecule has 0 unspecified atom stereocenters. The van der Waals surface area contributed by atoms with Crippen LogP contribution in [0.5, 0.6) is 5.75 Å². The Balaban J connectivity index is 2.12. The minimum Gasteiger partial charge on any atom is -0.494 e. The van der Waals surface area contributed by atoms with Crippen LogP contribution in [0.3, 0.4) is 0 Å². The largest absolute Gasteiger partial charge is 0.494 e. The molecule has 1 aliphatic rings. The number of amides is 2. The maximum atomic E-state index is 12.5. The average molecular weight is 358 g/mol. The van der Waals surface area contributed by atoms with Crippen molar-refractivity contribution in [2.75, 3.05) is 21.2 Å². The van der Waals surface area contributed by atoms with Crippen LogP contribution in [0, 0.1) is 5.92 Å². The van der Waals surface area contributed by atoms with Gasteiger partial charge in [-0.15, -0.1) is 5.10 Å². The summed E-state index contributed by atoms with van der Waals surface area (Å²) in [5, 5.41) is 15.2. The number of hydrogen-bond donors (Lipinski definition) is 1. The van der Waals surface area contributed by atoms with E-state index in [9.17, 15) is 4.79 Å². The van der Waals surface area contributed by atoms with Crippen molar-refractivity contribution in [1.82, 2.24) is 30.4 Å². The Kier molecular flexibility index (Phi) is 5.11. The third-order valence-electron chi connectivity index (χ3n) is 5.46. The molecule has 1 aromatic carbocycles. The Labute approximate surface area is 153 Å². The number of nitrogens with zero attached hydrogens (tertiary/aromatic N) is 5. The summed E-state index contributed by atoms with van der Waals surface area (Å²) >= 11 is 0. The Morgan fingerprint density at radius 2 is 2.04 bits per heavy atom. The molecule has 2 aromatic rings. The number of tetrazole rings is 1. The number of nitrogens with one attached hydrogen (secondary N) is 1. The molecule has 0 aliphatic heterocycles. The zero-order valence-corrected chi connectivity index (χ0v) is 15.8. The summed E-state index contributed by atoms with van der Waals surface area (Å²) in [6.07, 6.45) is 3.65. The van der Waals surface area contributed by atoms with E-state index in [1.54, 1.807) is 23.7 Å². The number of ether oxygens (including phenoxy) is 1. The summed E-state index contributed by atoms with van der Waals surface area (Å²) in [5.41, 5.74) is 0.204. The van der Waals surface area contributed by atoms with Crippen molar-refractivity contribution in [3.05, 3.63) is 30.1 Å². The molecule has 0 bridgehead atoms. The molecule has 8 heteroatoms. The standard InChI is InChI=1S/C18H26N6O2/c1-13-9-11-18(12-10-13,23(3)17(25)19-2)16-20-21-22-24(16)14-7-5-6-8-15(14)26-4/h5-8,13H,9-12H2,1-4H3,(H,19,25). The molecule has 0 spiro atoms. The molecule has 1 N–H and O–H groups in total. The van der Waals surface area contributed by atoms with E-state index in [0.29, 0.717) is 17.5 Å². The van der Waals surface area contributed by atoms with Gasteiger partial charge in [-0.3, -0.25) is 0 Å². The lowest BCUT2D eigenvalue weighted by Gasteiger charge is -2.44. The van der Waals surface area contributed by atoms with Gasteiger partial charge in [0.25, 0.3) is 0 Å². The van der Waals surface area contributed by atoms with Crippen LogP contribution in [0.1, 0.15) is 38.4 Å². The molecular weight excluding hydrogens is 332 g/mol. The first-order valence-corrected chi connectivity index (χ1v) is 8.91. The number of para-hydroxylation sites is 2. The van der Waals surface area contributed by atoms with Crippen LogP contribution >= 0.6 is 0 Å². The fourth-order valence-corrected chi connectivity index (χ4v) is 3.76. The van der Waals surface area contributed by atoms with E-state index in [-0.39, 0.29) is 6.03 Å². The normalized spacial score (nSPS) is 22.7. The van der Waals surface area contributed by atoms with Crippen molar-refractivity contribution >= 4 is 6.03 Å². The summed E-state index contributed by atoms with van der Waals surface area (Å²) < 4.78 is 7.18. The SMILES string of the molecule is CNC(=O)N(C)C1(c2nnnn2-c2ccccc2OC)CCC(C)CC1. The molecule has 8 nitrogen and oxygen atoms in total. The predicted octanol–water partition coefficient (Wildman–Crippen LogP) is 2.35. The Bertz CT molecular complexity index is 767. The van der Waals surface area contributed by atoms with Gasteiger partial charge in [0.05, 0.1) is 7.11 Å². The highest BCUT2D eigenvalue weighted by Gasteiger charge is 2.46. The summed E-state index contributed by atoms with van der Waals surface area (Å²) in [6, 6.07) is 7.47. The monoisotopic (exact) mass is 358 g/mol. The Morgan fingerprint density at radius 3 is 2.69 bits per heavy atom. The smallest absolute Gasteiger partial charge is 0.317 e. The first kappa shape index (κ1) is 18.2. The van der Waals surface area contributed by atoms with E-state index in [2.05, 4.69) is 27.8 Å². The highest BCUT2D eigenvalue weighted by Crippen LogP contribution is 2.43. The molecule has 26 heavy (non-hydrogen) atoms. The number of rotatable bonds is 4.